The Morgan fingerprint density at radius 2 is 1.89 bits per heavy atom. The first-order valence-corrected chi connectivity index (χ1v) is 7.03. The molecule has 0 saturated heterocycles. The number of carbonyl (C=O) groups is 1. The monoisotopic (exact) mass is 256 g/mol. The van der Waals surface area contributed by atoms with Gasteiger partial charge in [0.2, 0.25) is 5.91 Å². The van der Waals surface area contributed by atoms with Gasteiger partial charge >= 0.3 is 0 Å². The lowest BCUT2D eigenvalue weighted by Gasteiger charge is -2.32. The minimum absolute atomic E-state index is 0.0606. The normalized spacial score (nSPS) is 29.9. The van der Waals surface area contributed by atoms with Crippen LogP contribution in [0, 0.1) is 11.8 Å². The molecule has 1 amide bonds. The van der Waals surface area contributed by atoms with E-state index in [1.807, 2.05) is 6.92 Å². The predicted octanol–water partition coefficient (Wildman–Crippen LogP) is 1.55. The molecule has 0 heterocycles. The van der Waals surface area contributed by atoms with Gasteiger partial charge in [-0.15, -0.1) is 0 Å². The van der Waals surface area contributed by atoms with Crippen LogP contribution in [0.5, 0.6) is 0 Å². The van der Waals surface area contributed by atoms with Gasteiger partial charge in [-0.05, 0) is 38.0 Å². The van der Waals surface area contributed by atoms with Crippen LogP contribution in [0.3, 0.4) is 0 Å². The van der Waals surface area contributed by atoms with Crippen molar-refractivity contribution in [2.75, 3.05) is 20.3 Å². The number of carbonyl (C=O) groups excluding carboxylic acids is 1. The van der Waals surface area contributed by atoms with Gasteiger partial charge in [0.1, 0.15) is 0 Å². The van der Waals surface area contributed by atoms with E-state index in [-0.39, 0.29) is 11.9 Å². The maximum atomic E-state index is 11.7. The van der Waals surface area contributed by atoms with Crippen molar-refractivity contribution in [2.24, 2.45) is 11.8 Å². The molecule has 0 spiro atoms. The molecule has 1 aliphatic rings. The van der Waals surface area contributed by atoms with E-state index < -0.39 is 0 Å². The van der Waals surface area contributed by atoms with Crippen molar-refractivity contribution in [3.63, 3.8) is 0 Å². The van der Waals surface area contributed by atoms with Crippen LogP contribution in [0.25, 0.3) is 0 Å². The van der Waals surface area contributed by atoms with Crippen molar-refractivity contribution in [1.82, 2.24) is 10.6 Å². The molecule has 4 heteroatoms. The summed E-state index contributed by atoms with van der Waals surface area (Å²) in [6, 6.07) is 0.570. The van der Waals surface area contributed by atoms with Crippen LogP contribution in [0.4, 0.5) is 0 Å². The second kappa shape index (κ2) is 7.74. The Hall–Kier alpha value is -0.610. The van der Waals surface area contributed by atoms with Crippen LogP contribution >= 0.6 is 0 Å². The summed E-state index contributed by atoms with van der Waals surface area (Å²) < 4.78 is 4.99. The average molecular weight is 256 g/mol. The van der Waals surface area contributed by atoms with Gasteiger partial charge in [-0.1, -0.05) is 13.8 Å². The van der Waals surface area contributed by atoms with Gasteiger partial charge in [0, 0.05) is 19.2 Å². The molecule has 0 radical (unpaired) electrons. The number of rotatable bonds is 6. The van der Waals surface area contributed by atoms with Crippen LogP contribution in [0.2, 0.25) is 0 Å². The minimum Gasteiger partial charge on any atom is -0.383 e. The van der Waals surface area contributed by atoms with E-state index in [1.54, 1.807) is 7.11 Å². The molecule has 106 valence electrons. The number of hydrogen-bond donors (Lipinski definition) is 2. The van der Waals surface area contributed by atoms with Crippen molar-refractivity contribution in [2.45, 2.75) is 52.1 Å². The van der Waals surface area contributed by atoms with E-state index in [0.29, 0.717) is 19.2 Å². The highest BCUT2D eigenvalue weighted by Gasteiger charge is 2.23. The first-order chi connectivity index (χ1) is 8.51. The average Bonchev–Trinajstić information content (AvgIpc) is 2.25. The second-order valence-electron chi connectivity index (χ2n) is 5.92. The van der Waals surface area contributed by atoms with Crippen LogP contribution in [-0.2, 0) is 9.53 Å². The number of amides is 1. The fourth-order valence-electron chi connectivity index (χ4n) is 2.97. The molecule has 0 aromatic heterocycles. The second-order valence-corrected chi connectivity index (χ2v) is 5.92. The lowest BCUT2D eigenvalue weighted by atomic mass is 9.80. The first kappa shape index (κ1) is 15.4. The number of methoxy groups -OCH3 is 1. The van der Waals surface area contributed by atoms with Crippen LogP contribution < -0.4 is 10.6 Å². The standard InChI is InChI=1S/C14H28N2O2/c1-10-5-11(2)7-13(6-10)15-8-14(17)16-12(3)9-18-4/h10-13,15H,5-9H2,1-4H3,(H,16,17). The summed E-state index contributed by atoms with van der Waals surface area (Å²) in [5, 5.41) is 6.29. The zero-order valence-corrected chi connectivity index (χ0v) is 12.2. The zero-order valence-electron chi connectivity index (χ0n) is 12.2. The number of ether oxygens (including phenoxy) is 1. The van der Waals surface area contributed by atoms with Gasteiger partial charge < -0.3 is 15.4 Å². The van der Waals surface area contributed by atoms with E-state index in [9.17, 15) is 4.79 Å². The summed E-state index contributed by atoms with van der Waals surface area (Å²) in [7, 11) is 1.64. The Bertz CT molecular complexity index is 248. The topological polar surface area (TPSA) is 50.4 Å². The van der Waals surface area contributed by atoms with Gasteiger partial charge in [0.15, 0.2) is 0 Å². The summed E-state index contributed by atoms with van der Waals surface area (Å²) in [5.74, 6) is 1.59. The summed E-state index contributed by atoms with van der Waals surface area (Å²) in [6.07, 6.45) is 3.69. The molecule has 1 saturated carbocycles. The molecular formula is C14H28N2O2. The predicted molar refractivity (Wildman–Crippen MR) is 73.5 cm³/mol. The third kappa shape index (κ3) is 5.83. The van der Waals surface area contributed by atoms with Crippen molar-refractivity contribution in [3.05, 3.63) is 0 Å². The molecule has 18 heavy (non-hydrogen) atoms. The molecule has 0 aromatic carbocycles. The molecule has 2 N–H and O–H groups in total. The molecule has 0 aromatic rings. The van der Waals surface area contributed by atoms with Crippen LogP contribution in [0.15, 0.2) is 0 Å². The van der Waals surface area contributed by atoms with E-state index in [4.69, 9.17) is 4.74 Å². The Kier molecular flexibility index (Phi) is 6.65. The third-order valence-electron chi connectivity index (χ3n) is 3.55. The van der Waals surface area contributed by atoms with Gasteiger partial charge in [0.05, 0.1) is 13.2 Å². The van der Waals surface area contributed by atoms with Gasteiger partial charge in [-0.3, -0.25) is 4.79 Å². The number of hydrogen-bond acceptors (Lipinski definition) is 3. The van der Waals surface area contributed by atoms with Crippen molar-refractivity contribution in [3.8, 4) is 0 Å². The van der Waals surface area contributed by atoms with Crippen LogP contribution in [-0.4, -0.2) is 38.3 Å². The molecular weight excluding hydrogens is 228 g/mol. The van der Waals surface area contributed by atoms with Crippen molar-refractivity contribution in [1.29, 1.82) is 0 Å². The Labute approximate surface area is 111 Å². The Balaban J connectivity index is 2.21. The highest BCUT2D eigenvalue weighted by atomic mass is 16.5. The molecule has 1 aliphatic carbocycles. The summed E-state index contributed by atoms with van der Waals surface area (Å²) in [6.45, 7) is 7.52. The summed E-state index contributed by atoms with van der Waals surface area (Å²) in [4.78, 5) is 11.7. The molecule has 1 fully saturated rings. The smallest absolute Gasteiger partial charge is 0.234 e. The third-order valence-corrected chi connectivity index (χ3v) is 3.55. The van der Waals surface area contributed by atoms with Crippen LogP contribution in [0.1, 0.15) is 40.0 Å². The van der Waals surface area contributed by atoms with E-state index in [1.165, 1.54) is 19.3 Å². The first-order valence-electron chi connectivity index (χ1n) is 7.03. The highest BCUT2D eigenvalue weighted by Crippen LogP contribution is 2.28. The lowest BCUT2D eigenvalue weighted by molar-refractivity contribution is -0.121. The van der Waals surface area contributed by atoms with Gasteiger partial charge in [0.25, 0.3) is 0 Å². The Morgan fingerprint density at radius 1 is 1.28 bits per heavy atom. The van der Waals surface area contributed by atoms with Gasteiger partial charge in [-0.2, -0.15) is 0 Å². The Morgan fingerprint density at radius 3 is 2.44 bits per heavy atom. The molecule has 0 aliphatic heterocycles. The molecule has 1 rings (SSSR count). The quantitative estimate of drug-likeness (QED) is 0.758. The molecule has 3 atom stereocenters. The largest absolute Gasteiger partial charge is 0.383 e. The molecule has 3 unspecified atom stereocenters. The highest BCUT2D eigenvalue weighted by molar-refractivity contribution is 5.78. The van der Waals surface area contributed by atoms with E-state index in [2.05, 4.69) is 24.5 Å². The lowest BCUT2D eigenvalue weighted by Crippen LogP contribution is -2.45. The summed E-state index contributed by atoms with van der Waals surface area (Å²) >= 11 is 0. The van der Waals surface area contributed by atoms with E-state index in [0.717, 1.165) is 11.8 Å². The summed E-state index contributed by atoms with van der Waals surface area (Å²) in [5.41, 5.74) is 0. The van der Waals surface area contributed by atoms with Crippen molar-refractivity contribution < 1.29 is 9.53 Å². The minimum atomic E-state index is 0.0606. The maximum absolute atomic E-state index is 11.7. The fourth-order valence-corrected chi connectivity index (χ4v) is 2.97. The van der Waals surface area contributed by atoms with E-state index >= 15 is 0 Å². The molecule has 0 bridgehead atoms. The van der Waals surface area contributed by atoms with Crippen molar-refractivity contribution >= 4 is 5.91 Å². The number of nitrogens with one attached hydrogen (secondary N) is 2. The zero-order chi connectivity index (χ0) is 13.5. The maximum Gasteiger partial charge on any atom is 0.234 e. The fraction of sp³-hybridized carbons (Fsp3) is 0.929. The molecule has 4 nitrogen and oxygen atoms in total. The SMILES string of the molecule is COCC(C)NC(=O)CNC1CC(C)CC(C)C1. The van der Waals surface area contributed by atoms with Gasteiger partial charge in [-0.25, -0.2) is 0 Å².